The maximum absolute atomic E-state index is 13.8. The van der Waals surface area contributed by atoms with Crippen LogP contribution in [0.1, 0.15) is 5.56 Å². The fourth-order valence-electron chi connectivity index (χ4n) is 1.99. The van der Waals surface area contributed by atoms with Gasteiger partial charge < -0.3 is 0 Å². The lowest BCUT2D eigenvalue weighted by molar-refractivity contribution is 0.370. The molecule has 0 saturated heterocycles. The first-order valence-corrected chi connectivity index (χ1v) is 6.02. The molecule has 12 heteroatoms. The Labute approximate surface area is 134 Å². The van der Waals surface area contributed by atoms with Gasteiger partial charge in [-0.1, -0.05) is 0 Å². The van der Waals surface area contributed by atoms with Gasteiger partial charge in [-0.05, 0) is 0 Å². The van der Waals surface area contributed by atoms with Crippen LogP contribution in [-0.4, -0.2) is 0 Å². The van der Waals surface area contributed by atoms with Crippen molar-refractivity contribution in [2.24, 2.45) is 0 Å². The molecule has 0 radical (unpaired) electrons. The number of halogens is 12. The molecule has 0 atom stereocenters. The Bertz CT molecular complexity index is 989. The Morgan fingerprint density at radius 2 is 0.808 bits per heavy atom. The van der Waals surface area contributed by atoms with E-state index in [1.165, 1.54) is 0 Å². The normalized spacial score (nSPS) is 12.5. The molecule has 0 aliphatic heterocycles. The minimum Gasteiger partial charge on any atom is -0.203 e. The summed E-state index contributed by atoms with van der Waals surface area (Å²) in [5.74, 6) is -28.7. The highest BCUT2D eigenvalue weighted by Gasteiger charge is 2.33. The van der Waals surface area contributed by atoms with Gasteiger partial charge in [-0.25, -0.2) is 39.5 Å². The molecule has 0 fully saturated rings. The molecule has 0 aliphatic carbocycles. The summed E-state index contributed by atoms with van der Waals surface area (Å²) in [6.07, 6.45) is -3.48. The molecule has 0 nitrogen and oxygen atoms in total. The van der Waals surface area contributed by atoms with E-state index in [9.17, 15) is 52.7 Å². The molecule has 0 saturated carbocycles. The highest BCUT2D eigenvalue weighted by molar-refractivity contribution is 5.95. The minimum atomic E-state index is -3.48. The molecule has 0 N–H and O–H groups in total. The third-order valence-electron chi connectivity index (χ3n) is 3.11. The Morgan fingerprint density at radius 3 is 1.23 bits per heavy atom. The molecule has 26 heavy (non-hydrogen) atoms. The maximum Gasteiger partial charge on any atom is 0.308 e. The summed E-state index contributed by atoms with van der Waals surface area (Å²) in [5, 5.41) is -4.40. The van der Waals surface area contributed by atoms with Crippen LogP contribution in [0.3, 0.4) is 0 Å². The predicted molar refractivity (Wildman–Crippen MR) is 63.1 cm³/mol. The largest absolute Gasteiger partial charge is 0.308 e. The second-order valence-electron chi connectivity index (χ2n) is 4.53. The summed E-state index contributed by atoms with van der Waals surface area (Å²) in [5.41, 5.74) is -2.47. The number of rotatable bonds is 2. The zero-order valence-electron chi connectivity index (χ0n) is 11.5. The van der Waals surface area contributed by atoms with Crippen molar-refractivity contribution >= 4 is 16.6 Å². The van der Waals surface area contributed by atoms with Crippen molar-refractivity contribution in [1.82, 2.24) is 0 Å². The lowest BCUT2D eigenvalue weighted by Gasteiger charge is -2.12. The molecule has 0 bridgehead atoms. The molecular weight excluding hydrogens is 396 g/mol. The molecule has 0 unspecified atom stereocenters. The van der Waals surface area contributed by atoms with E-state index in [2.05, 4.69) is 0 Å². The van der Waals surface area contributed by atoms with E-state index < -0.39 is 80.6 Å². The van der Waals surface area contributed by atoms with Crippen LogP contribution in [0.15, 0.2) is 17.7 Å². The van der Waals surface area contributed by atoms with Gasteiger partial charge in [0.05, 0.1) is 10.9 Å². The van der Waals surface area contributed by atoms with E-state index in [1.807, 2.05) is 0 Å². The fourth-order valence-corrected chi connectivity index (χ4v) is 1.99. The van der Waals surface area contributed by atoms with Gasteiger partial charge in [0.15, 0.2) is 46.5 Å². The summed E-state index contributed by atoms with van der Waals surface area (Å²) < 4.78 is 158. The van der Waals surface area contributed by atoms with Crippen LogP contribution in [0.25, 0.3) is 16.6 Å². The summed E-state index contributed by atoms with van der Waals surface area (Å²) in [6, 6.07) is 0. The van der Waals surface area contributed by atoms with Crippen LogP contribution in [-0.2, 0) is 0 Å². The van der Waals surface area contributed by atoms with E-state index in [0.29, 0.717) is 0 Å². The van der Waals surface area contributed by atoms with Crippen molar-refractivity contribution in [1.29, 1.82) is 0 Å². The van der Waals surface area contributed by atoms with Gasteiger partial charge in [0.2, 0.25) is 11.7 Å². The first-order chi connectivity index (χ1) is 11.9. The van der Waals surface area contributed by atoms with Crippen molar-refractivity contribution in [2.75, 3.05) is 0 Å². The molecule has 0 aromatic heterocycles. The van der Waals surface area contributed by atoms with Gasteiger partial charge in [0.25, 0.3) is 0 Å². The molecule has 0 heterocycles. The molecule has 0 spiro atoms. The Morgan fingerprint density at radius 1 is 0.423 bits per heavy atom. The van der Waals surface area contributed by atoms with Gasteiger partial charge in [-0.15, -0.1) is 0 Å². The summed E-state index contributed by atoms with van der Waals surface area (Å²) in [6.45, 7) is 0. The quantitative estimate of drug-likeness (QED) is 0.235. The van der Waals surface area contributed by atoms with E-state index in [0.717, 1.165) is 0 Å². The second kappa shape index (κ2) is 6.57. The predicted octanol–water partition coefficient (Wildman–Crippen LogP) is 6.50. The van der Waals surface area contributed by atoms with E-state index in [4.69, 9.17) is 0 Å². The first-order valence-electron chi connectivity index (χ1n) is 6.02. The van der Waals surface area contributed by atoms with Crippen LogP contribution in [0.2, 0.25) is 0 Å². The monoisotopic (exact) mass is 396 g/mol. The van der Waals surface area contributed by atoms with E-state index >= 15 is 0 Å². The number of hydrogen-bond donors (Lipinski definition) is 0. The van der Waals surface area contributed by atoms with Gasteiger partial charge in [-0.3, -0.25) is 0 Å². The molecule has 2 aromatic carbocycles. The average Bonchev–Trinajstić information content (AvgIpc) is 2.60. The van der Waals surface area contributed by atoms with Crippen LogP contribution in [0.4, 0.5) is 52.7 Å². The number of allylic oxidation sites excluding steroid dienone is 2. The third-order valence-corrected chi connectivity index (χ3v) is 3.11. The van der Waals surface area contributed by atoms with Gasteiger partial charge in [-0.2, -0.15) is 13.2 Å². The van der Waals surface area contributed by atoms with Crippen LogP contribution in [0.5, 0.6) is 0 Å². The molecule has 0 amide bonds. The van der Waals surface area contributed by atoms with Crippen molar-refractivity contribution in [3.63, 3.8) is 0 Å². The lowest BCUT2D eigenvalue weighted by atomic mass is 9.99. The van der Waals surface area contributed by atoms with Crippen LogP contribution in [0, 0.1) is 40.7 Å². The number of fused-ring (bicyclic) bond motifs is 1. The lowest BCUT2D eigenvalue weighted by Crippen LogP contribution is -2.07. The minimum absolute atomic E-state index is 2.19. The number of benzene rings is 2. The van der Waals surface area contributed by atoms with Crippen LogP contribution < -0.4 is 0 Å². The van der Waals surface area contributed by atoms with Gasteiger partial charge in [0, 0.05) is 5.39 Å². The Hall–Kier alpha value is -2.66. The molecule has 2 aromatic rings. The highest BCUT2D eigenvalue weighted by Crippen LogP contribution is 2.40. The average molecular weight is 396 g/mol. The molecular formula is C14F12. The number of hydrogen-bond acceptors (Lipinski definition) is 0. The van der Waals surface area contributed by atoms with Crippen molar-refractivity contribution in [2.45, 2.75) is 0 Å². The first kappa shape index (κ1) is 19.7. The summed E-state index contributed by atoms with van der Waals surface area (Å²) >= 11 is 0. The molecule has 140 valence electrons. The third kappa shape index (κ3) is 2.69. The zero-order chi connectivity index (χ0) is 20.1. The molecule has 0 aliphatic rings. The van der Waals surface area contributed by atoms with Crippen molar-refractivity contribution < 1.29 is 52.7 Å². The highest BCUT2D eigenvalue weighted by atomic mass is 19.3. The zero-order valence-corrected chi connectivity index (χ0v) is 11.5. The summed E-state index contributed by atoms with van der Waals surface area (Å²) in [4.78, 5) is 0. The fraction of sp³-hybridized carbons (Fsp3) is 0. The van der Waals surface area contributed by atoms with E-state index in [1.54, 1.807) is 0 Å². The van der Waals surface area contributed by atoms with Gasteiger partial charge in [0.1, 0.15) is 0 Å². The van der Waals surface area contributed by atoms with Crippen molar-refractivity contribution in [3.8, 4) is 0 Å². The van der Waals surface area contributed by atoms with Crippen molar-refractivity contribution in [3.05, 3.63) is 64.0 Å². The Balaban J connectivity index is 3.20. The summed E-state index contributed by atoms with van der Waals surface area (Å²) in [7, 11) is 0. The topological polar surface area (TPSA) is 0 Å². The maximum atomic E-state index is 13.8. The van der Waals surface area contributed by atoms with E-state index in [-0.39, 0.29) is 0 Å². The van der Waals surface area contributed by atoms with Gasteiger partial charge >= 0.3 is 6.08 Å². The van der Waals surface area contributed by atoms with Crippen LogP contribution >= 0.6 is 0 Å². The smallest absolute Gasteiger partial charge is 0.203 e. The standard InChI is InChI=1S/C14F12/c15-4-1-2(7(18)11(22)10(4)21)5(16)9(20)6(17)3(1)8(19)12(23)13(24)14(25)26. The molecule has 2 rings (SSSR count). The second-order valence-corrected chi connectivity index (χ2v) is 4.53. The Kier molecular flexibility index (Phi) is 4.97. The SMILES string of the molecule is FC(F)=C(F)C(F)=C(F)c1c(F)c(F)c(F)c2c(F)c(F)c(F)c(F)c12.